The number of carbonyl (C=O) groups is 2. The predicted molar refractivity (Wildman–Crippen MR) is 119 cm³/mol. The third-order valence-corrected chi connectivity index (χ3v) is 6.77. The molecule has 30 heavy (non-hydrogen) atoms. The van der Waals surface area contributed by atoms with E-state index in [0.717, 1.165) is 18.7 Å². The molecule has 2 saturated heterocycles. The van der Waals surface area contributed by atoms with Gasteiger partial charge in [-0.1, -0.05) is 42.5 Å². The molecule has 0 unspecified atom stereocenters. The number of amides is 2. The van der Waals surface area contributed by atoms with Gasteiger partial charge >= 0.3 is 0 Å². The average Bonchev–Trinajstić information content (AvgIpc) is 3.17. The highest BCUT2D eigenvalue weighted by Gasteiger charge is 2.39. The molecule has 2 amide bonds. The fraction of sp³-hybridized carbons (Fsp3) is 0.440. The van der Waals surface area contributed by atoms with Gasteiger partial charge in [-0.05, 0) is 43.5 Å². The van der Waals surface area contributed by atoms with Gasteiger partial charge in [-0.3, -0.25) is 9.59 Å². The third kappa shape index (κ3) is 3.93. The number of benzene rings is 2. The number of piperazine rings is 1. The number of carbonyl (C=O) groups excluding carboxylic acids is 2. The van der Waals surface area contributed by atoms with Crippen LogP contribution in [0.25, 0.3) is 0 Å². The summed E-state index contributed by atoms with van der Waals surface area (Å²) in [5.41, 5.74) is 4.98. The molecule has 2 atom stereocenters. The summed E-state index contributed by atoms with van der Waals surface area (Å²) in [6, 6.07) is 16.4. The Bertz CT molecular complexity index is 919. The van der Waals surface area contributed by atoms with E-state index < -0.39 is 0 Å². The third-order valence-electron chi connectivity index (χ3n) is 6.77. The Balaban J connectivity index is 1.37. The molecule has 2 fully saturated rings. The van der Waals surface area contributed by atoms with Gasteiger partial charge in [0, 0.05) is 44.8 Å². The Labute approximate surface area is 179 Å². The number of nitrogens with zero attached hydrogens (tertiary/aromatic N) is 3. The molecule has 5 nitrogen and oxygen atoms in total. The van der Waals surface area contributed by atoms with Crippen LogP contribution in [-0.2, 0) is 9.59 Å². The smallest absolute Gasteiger partial charge is 0.228 e. The van der Waals surface area contributed by atoms with Crippen LogP contribution in [0.3, 0.4) is 0 Å². The molecule has 2 heterocycles. The summed E-state index contributed by atoms with van der Waals surface area (Å²) in [7, 11) is 0. The van der Waals surface area contributed by atoms with Crippen molar-refractivity contribution in [2.75, 3.05) is 37.6 Å². The molecule has 0 aliphatic carbocycles. The van der Waals surface area contributed by atoms with Crippen LogP contribution in [0.1, 0.15) is 36.1 Å². The van der Waals surface area contributed by atoms with E-state index in [9.17, 15) is 9.59 Å². The number of hydrogen-bond acceptors (Lipinski definition) is 3. The SMILES string of the molecule is Cc1cccc(N2CCN(C(=O)[C@@H]3CC(=O)N([C@H](C)c4ccccc4)C3)CC2)c1C. The molecular weight excluding hydrogens is 374 g/mol. The summed E-state index contributed by atoms with van der Waals surface area (Å²) >= 11 is 0. The monoisotopic (exact) mass is 405 g/mol. The molecule has 0 saturated carbocycles. The van der Waals surface area contributed by atoms with Crippen LogP contribution < -0.4 is 4.90 Å². The maximum atomic E-state index is 13.1. The molecule has 0 spiro atoms. The minimum absolute atomic E-state index is 0.00218. The lowest BCUT2D eigenvalue weighted by molar-refractivity contribution is -0.136. The van der Waals surface area contributed by atoms with E-state index in [1.165, 1.54) is 16.8 Å². The van der Waals surface area contributed by atoms with Gasteiger partial charge in [0.1, 0.15) is 0 Å². The first-order chi connectivity index (χ1) is 14.5. The van der Waals surface area contributed by atoms with Crippen LogP contribution in [0.2, 0.25) is 0 Å². The van der Waals surface area contributed by atoms with Crippen molar-refractivity contribution in [3.8, 4) is 0 Å². The van der Waals surface area contributed by atoms with Crippen molar-refractivity contribution in [1.29, 1.82) is 0 Å². The van der Waals surface area contributed by atoms with Gasteiger partial charge in [-0.15, -0.1) is 0 Å². The highest BCUT2D eigenvalue weighted by Crippen LogP contribution is 2.30. The molecule has 0 radical (unpaired) electrons. The first-order valence-corrected chi connectivity index (χ1v) is 10.9. The van der Waals surface area contributed by atoms with E-state index in [1.54, 1.807) is 0 Å². The lowest BCUT2D eigenvalue weighted by Crippen LogP contribution is -2.51. The van der Waals surface area contributed by atoms with Crippen molar-refractivity contribution in [3.63, 3.8) is 0 Å². The van der Waals surface area contributed by atoms with Gasteiger partial charge < -0.3 is 14.7 Å². The van der Waals surface area contributed by atoms with Gasteiger partial charge in [0.2, 0.25) is 11.8 Å². The molecule has 2 aliphatic rings. The number of likely N-dealkylation sites (tertiary alicyclic amines) is 1. The second-order valence-corrected chi connectivity index (χ2v) is 8.57. The highest BCUT2D eigenvalue weighted by molar-refractivity contribution is 5.89. The number of aryl methyl sites for hydroxylation is 1. The zero-order valence-electron chi connectivity index (χ0n) is 18.2. The molecule has 2 aliphatic heterocycles. The summed E-state index contributed by atoms with van der Waals surface area (Å²) in [5, 5.41) is 0. The Morgan fingerprint density at radius 3 is 2.37 bits per heavy atom. The van der Waals surface area contributed by atoms with Gasteiger partial charge in [0.25, 0.3) is 0 Å². The molecule has 0 N–H and O–H groups in total. The molecule has 4 rings (SSSR count). The number of hydrogen-bond donors (Lipinski definition) is 0. The molecule has 2 aromatic carbocycles. The Hall–Kier alpha value is -2.82. The lowest BCUT2D eigenvalue weighted by atomic mass is 10.0. The second-order valence-electron chi connectivity index (χ2n) is 8.57. The lowest BCUT2D eigenvalue weighted by Gasteiger charge is -2.38. The number of rotatable bonds is 4. The van der Waals surface area contributed by atoms with Crippen molar-refractivity contribution in [2.45, 2.75) is 33.2 Å². The fourth-order valence-corrected chi connectivity index (χ4v) is 4.69. The summed E-state index contributed by atoms with van der Waals surface area (Å²) in [6.07, 6.45) is 0.327. The van der Waals surface area contributed by atoms with E-state index in [4.69, 9.17) is 0 Å². The van der Waals surface area contributed by atoms with Crippen LogP contribution in [0.15, 0.2) is 48.5 Å². The molecule has 0 aromatic heterocycles. The van der Waals surface area contributed by atoms with Gasteiger partial charge in [0.15, 0.2) is 0 Å². The van der Waals surface area contributed by atoms with Crippen LogP contribution in [-0.4, -0.2) is 54.3 Å². The van der Waals surface area contributed by atoms with Gasteiger partial charge in [-0.25, -0.2) is 0 Å². The normalized spacial score (nSPS) is 20.6. The van der Waals surface area contributed by atoms with Gasteiger partial charge in [-0.2, -0.15) is 0 Å². The molecular formula is C25H31N3O2. The first kappa shape index (κ1) is 20.5. The predicted octanol–water partition coefficient (Wildman–Crippen LogP) is 3.56. The van der Waals surface area contributed by atoms with Crippen molar-refractivity contribution in [2.24, 2.45) is 5.92 Å². The summed E-state index contributed by atoms with van der Waals surface area (Å²) in [4.78, 5) is 32.0. The van der Waals surface area contributed by atoms with E-state index in [1.807, 2.05) is 47.1 Å². The molecule has 158 valence electrons. The minimum atomic E-state index is -0.226. The standard InChI is InChI=1S/C25H31N3O2/c1-18-8-7-11-23(19(18)2)26-12-14-27(15-13-26)25(30)22-16-24(29)28(17-22)20(3)21-9-5-4-6-10-21/h4-11,20,22H,12-17H2,1-3H3/t20-,22-/m1/s1. The van der Waals surface area contributed by atoms with Gasteiger partial charge in [0.05, 0.1) is 12.0 Å². The van der Waals surface area contributed by atoms with Crippen LogP contribution in [0.4, 0.5) is 5.69 Å². The topological polar surface area (TPSA) is 43.9 Å². The van der Waals surface area contributed by atoms with Crippen molar-refractivity contribution in [3.05, 3.63) is 65.2 Å². The van der Waals surface area contributed by atoms with Crippen molar-refractivity contribution >= 4 is 17.5 Å². The molecule has 5 heteroatoms. The average molecular weight is 406 g/mol. The Kier molecular flexibility index (Phi) is 5.80. The zero-order valence-corrected chi connectivity index (χ0v) is 18.2. The summed E-state index contributed by atoms with van der Waals surface area (Å²) < 4.78 is 0. The summed E-state index contributed by atoms with van der Waals surface area (Å²) in [6.45, 7) is 9.96. The van der Waals surface area contributed by atoms with E-state index >= 15 is 0 Å². The molecule has 0 bridgehead atoms. The Morgan fingerprint density at radius 2 is 1.67 bits per heavy atom. The second kappa shape index (κ2) is 8.50. The fourth-order valence-electron chi connectivity index (χ4n) is 4.69. The van der Waals surface area contributed by atoms with E-state index in [-0.39, 0.29) is 23.8 Å². The van der Waals surface area contributed by atoms with E-state index in [0.29, 0.717) is 26.1 Å². The summed E-state index contributed by atoms with van der Waals surface area (Å²) in [5.74, 6) is -0.0126. The van der Waals surface area contributed by atoms with E-state index in [2.05, 4.69) is 36.9 Å². The quantitative estimate of drug-likeness (QED) is 0.781. The highest BCUT2D eigenvalue weighted by atomic mass is 16.2. The Morgan fingerprint density at radius 1 is 0.967 bits per heavy atom. The zero-order chi connectivity index (χ0) is 21.3. The maximum absolute atomic E-state index is 13.1. The largest absolute Gasteiger partial charge is 0.368 e. The maximum Gasteiger partial charge on any atom is 0.228 e. The first-order valence-electron chi connectivity index (χ1n) is 10.9. The van der Waals surface area contributed by atoms with Crippen molar-refractivity contribution in [1.82, 2.24) is 9.80 Å². The molecule has 2 aromatic rings. The van der Waals surface area contributed by atoms with Crippen LogP contribution >= 0.6 is 0 Å². The van der Waals surface area contributed by atoms with Crippen molar-refractivity contribution < 1.29 is 9.59 Å². The number of anilines is 1. The van der Waals surface area contributed by atoms with Crippen LogP contribution in [0.5, 0.6) is 0 Å². The minimum Gasteiger partial charge on any atom is -0.368 e. The van der Waals surface area contributed by atoms with Crippen LogP contribution in [0, 0.1) is 19.8 Å².